The molecule has 0 aliphatic heterocycles. The van der Waals surface area contributed by atoms with Crippen LogP contribution in [0.25, 0.3) is 0 Å². The van der Waals surface area contributed by atoms with Crippen LogP contribution < -0.4 is 5.73 Å². The number of carbonyl (C=O) groups is 1. The van der Waals surface area contributed by atoms with Gasteiger partial charge in [0.05, 0.1) is 13.5 Å². The molecule has 0 radical (unpaired) electrons. The highest BCUT2D eigenvalue weighted by molar-refractivity contribution is 7.99. The second-order valence-corrected chi connectivity index (χ2v) is 4.80. The zero-order valence-corrected chi connectivity index (χ0v) is 8.81. The first-order valence-corrected chi connectivity index (χ1v) is 5.71. The van der Waals surface area contributed by atoms with Crippen molar-refractivity contribution in [1.29, 1.82) is 0 Å². The van der Waals surface area contributed by atoms with Crippen LogP contribution in [0.4, 0.5) is 0 Å². The highest BCUT2D eigenvalue weighted by atomic mass is 32.2. The number of hydrogen-bond donors (Lipinski definition) is 1. The highest BCUT2D eigenvalue weighted by Gasteiger charge is 2.21. The Morgan fingerprint density at radius 2 is 2.38 bits per heavy atom. The van der Waals surface area contributed by atoms with E-state index in [1.54, 1.807) is 0 Å². The maximum atomic E-state index is 10.8. The van der Waals surface area contributed by atoms with Crippen LogP contribution in [0.1, 0.15) is 25.7 Å². The van der Waals surface area contributed by atoms with Crippen LogP contribution in [-0.4, -0.2) is 30.1 Å². The van der Waals surface area contributed by atoms with Gasteiger partial charge in [0.25, 0.3) is 0 Å². The monoisotopic (exact) mass is 203 g/mol. The van der Waals surface area contributed by atoms with Gasteiger partial charge in [-0.15, -0.1) is 0 Å². The maximum Gasteiger partial charge on any atom is 0.306 e. The Labute approximate surface area is 83.4 Å². The molecule has 1 saturated carbocycles. The predicted octanol–water partition coefficient (Wildman–Crippen LogP) is 1.16. The molecule has 0 bridgehead atoms. The summed E-state index contributed by atoms with van der Waals surface area (Å²) in [5.74, 6) is 0.749. The van der Waals surface area contributed by atoms with Crippen molar-refractivity contribution >= 4 is 17.7 Å². The molecule has 0 heterocycles. The number of thioether (sulfide) groups is 1. The number of ether oxygens (including phenoxy) is 1. The summed E-state index contributed by atoms with van der Waals surface area (Å²) in [6, 6.07) is 0.385. The third-order valence-corrected chi connectivity index (χ3v) is 3.65. The van der Waals surface area contributed by atoms with Crippen LogP contribution in [0, 0.1) is 0 Å². The molecule has 76 valence electrons. The first-order chi connectivity index (χ1) is 6.22. The average molecular weight is 203 g/mol. The first kappa shape index (κ1) is 10.9. The maximum absolute atomic E-state index is 10.8. The molecular formula is C9H17NO2S. The highest BCUT2D eigenvalue weighted by Crippen LogP contribution is 2.29. The van der Waals surface area contributed by atoms with Crippen molar-refractivity contribution in [2.75, 3.05) is 12.9 Å². The van der Waals surface area contributed by atoms with E-state index in [4.69, 9.17) is 5.73 Å². The summed E-state index contributed by atoms with van der Waals surface area (Å²) in [5.41, 5.74) is 5.78. The summed E-state index contributed by atoms with van der Waals surface area (Å²) >= 11 is 1.85. The molecule has 0 aromatic heterocycles. The molecule has 1 aliphatic carbocycles. The van der Waals surface area contributed by atoms with Crippen molar-refractivity contribution in [2.45, 2.75) is 37.0 Å². The van der Waals surface area contributed by atoms with Gasteiger partial charge in [0.2, 0.25) is 0 Å². The van der Waals surface area contributed by atoms with Gasteiger partial charge in [0.15, 0.2) is 0 Å². The van der Waals surface area contributed by atoms with E-state index in [0.29, 0.717) is 17.7 Å². The topological polar surface area (TPSA) is 52.3 Å². The van der Waals surface area contributed by atoms with Crippen LogP contribution in [0.5, 0.6) is 0 Å². The van der Waals surface area contributed by atoms with Gasteiger partial charge in [0.1, 0.15) is 0 Å². The number of hydrogen-bond acceptors (Lipinski definition) is 4. The Kier molecular flexibility index (Phi) is 4.59. The van der Waals surface area contributed by atoms with Gasteiger partial charge in [-0.1, -0.05) is 0 Å². The van der Waals surface area contributed by atoms with Crippen molar-refractivity contribution in [3.63, 3.8) is 0 Å². The molecule has 1 aliphatic rings. The van der Waals surface area contributed by atoms with Gasteiger partial charge in [0, 0.05) is 17.0 Å². The van der Waals surface area contributed by atoms with Gasteiger partial charge >= 0.3 is 5.97 Å². The molecule has 0 amide bonds. The van der Waals surface area contributed by atoms with Crippen molar-refractivity contribution in [2.24, 2.45) is 5.73 Å². The molecule has 4 heteroatoms. The van der Waals surface area contributed by atoms with Gasteiger partial charge in [-0.25, -0.2) is 0 Å². The van der Waals surface area contributed by atoms with Crippen LogP contribution in [0.3, 0.4) is 0 Å². The largest absolute Gasteiger partial charge is 0.469 e. The predicted molar refractivity (Wildman–Crippen MR) is 54.7 cm³/mol. The lowest BCUT2D eigenvalue weighted by molar-refractivity contribution is -0.140. The van der Waals surface area contributed by atoms with Crippen molar-refractivity contribution < 1.29 is 9.53 Å². The van der Waals surface area contributed by atoms with Crippen LogP contribution in [-0.2, 0) is 9.53 Å². The Morgan fingerprint density at radius 1 is 1.62 bits per heavy atom. The zero-order chi connectivity index (χ0) is 9.68. The summed E-state index contributed by atoms with van der Waals surface area (Å²) in [7, 11) is 1.43. The van der Waals surface area contributed by atoms with Gasteiger partial charge in [-0.2, -0.15) is 11.8 Å². The zero-order valence-electron chi connectivity index (χ0n) is 7.99. The SMILES string of the molecule is COC(=O)CCSC1CCC(N)C1. The van der Waals surface area contributed by atoms with E-state index in [0.717, 1.165) is 18.6 Å². The Balaban J connectivity index is 2.03. The van der Waals surface area contributed by atoms with Crippen molar-refractivity contribution in [3.8, 4) is 0 Å². The molecular weight excluding hydrogens is 186 g/mol. The average Bonchev–Trinajstić information content (AvgIpc) is 2.51. The summed E-state index contributed by atoms with van der Waals surface area (Å²) in [4.78, 5) is 10.8. The number of carbonyl (C=O) groups excluding carboxylic acids is 1. The first-order valence-electron chi connectivity index (χ1n) is 4.66. The smallest absolute Gasteiger partial charge is 0.306 e. The Bertz CT molecular complexity index is 175. The summed E-state index contributed by atoms with van der Waals surface area (Å²) in [5, 5.41) is 0.666. The van der Waals surface area contributed by atoms with E-state index in [-0.39, 0.29) is 5.97 Å². The van der Waals surface area contributed by atoms with Gasteiger partial charge in [-0.3, -0.25) is 4.79 Å². The molecule has 0 spiro atoms. The lowest BCUT2D eigenvalue weighted by Gasteiger charge is -2.07. The molecule has 0 saturated heterocycles. The standard InChI is InChI=1S/C9H17NO2S/c1-12-9(11)4-5-13-8-3-2-7(10)6-8/h7-8H,2-6,10H2,1H3. The van der Waals surface area contributed by atoms with Crippen LogP contribution in [0.15, 0.2) is 0 Å². The van der Waals surface area contributed by atoms with Crippen LogP contribution >= 0.6 is 11.8 Å². The molecule has 0 aromatic carbocycles. The van der Waals surface area contributed by atoms with Gasteiger partial charge < -0.3 is 10.5 Å². The fraction of sp³-hybridized carbons (Fsp3) is 0.889. The molecule has 1 fully saturated rings. The lowest BCUT2D eigenvalue weighted by Crippen LogP contribution is -2.15. The number of nitrogens with two attached hydrogens (primary N) is 1. The fourth-order valence-electron chi connectivity index (χ4n) is 1.54. The van der Waals surface area contributed by atoms with E-state index in [9.17, 15) is 4.79 Å². The summed E-state index contributed by atoms with van der Waals surface area (Å²) in [6.45, 7) is 0. The quantitative estimate of drug-likeness (QED) is 0.697. The van der Waals surface area contributed by atoms with E-state index in [1.807, 2.05) is 11.8 Å². The van der Waals surface area contributed by atoms with Crippen LogP contribution in [0.2, 0.25) is 0 Å². The molecule has 2 atom stereocenters. The normalized spacial score (nSPS) is 27.5. The fourth-order valence-corrected chi connectivity index (χ4v) is 2.84. The molecule has 1 rings (SSSR count). The molecule has 3 nitrogen and oxygen atoms in total. The Morgan fingerprint density at radius 3 is 2.92 bits per heavy atom. The van der Waals surface area contributed by atoms with Crippen molar-refractivity contribution in [1.82, 2.24) is 0 Å². The Hall–Kier alpha value is -0.220. The van der Waals surface area contributed by atoms with E-state index < -0.39 is 0 Å². The number of methoxy groups -OCH3 is 1. The molecule has 2 unspecified atom stereocenters. The number of rotatable bonds is 4. The van der Waals surface area contributed by atoms with E-state index >= 15 is 0 Å². The summed E-state index contributed by atoms with van der Waals surface area (Å²) < 4.78 is 4.56. The third-order valence-electron chi connectivity index (χ3n) is 2.31. The second kappa shape index (κ2) is 5.50. The second-order valence-electron chi connectivity index (χ2n) is 3.39. The third kappa shape index (κ3) is 4.00. The van der Waals surface area contributed by atoms with Crippen molar-refractivity contribution in [3.05, 3.63) is 0 Å². The molecule has 0 aromatic rings. The molecule has 13 heavy (non-hydrogen) atoms. The minimum atomic E-state index is -0.116. The lowest BCUT2D eigenvalue weighted by atomic mass is 10.3. The molecule has 2 N–H and O–H groups in total. The van der Waals surface area contributed by atoms with E-state index in [2.05, 4.69) is 4.74 Å². The van der Waals surface area contributed by atoms with E-state index in [1.165, 1.54) is 13.5 Å². The summed E-state index contributed by atoms with van der Waals surface area (Å²) in [6.07, 6.45) is 3.96. The minimum Gasteiger partial charge on any atom is -0.469 e. The van der Waals surface area contributed by atoms with Gasteiger partial charge in [-0.05, 0) is 19.3 Å². The number of esters is 1. The minimum absolute atomic E-state index is 0.116.